The third-order valence-corrected chi connectivity index (χ3v) is 5.33. The Labute approximate surface area is 166 Å². The van der Waals surface area contributed by atoms with Gasteiger partial charge in [0.2, 0.25) is 11.6 Å². The maximum absolute atomic E-state index is 13.6. The zero-order valence-corrected chi connectivity index (χ0v) is 16.3. The van der Waals surface area contributed by atoms with E-state index < -0.39 is 41.2 Å². The van der Waals surface area contributed by atoms with Gasteiger partial charge in [-0.05, 0) is 12.1 Å². The van der Waals surface area contributed by atoms with Gasteiger partial charge >= 0.3 is 11.7 Å². The van der Waals surface area contributed by atoms with Gasteiger partial charge in [0.1, 0.15) is 6.23 Å². The van der Waals surface area contributed by atoms with E-state index in [0.717, 1.165) is 10.8 Å². The van der Waals surface area contributed by atoms with E-state index in [1.165, 1.54) is 7.11 Å². The first-order chi connectivity index (χ1) is 12.9. The lowest BCUT2D eigenvalue weighted by Gasteiger charge is -2.30. The van der Waals surface area contributed by atoms with Crippen molar-refractivity contribution in [1.29, 1.82) is 0 Å². The second-order valence-electron chi connectivity index (χ2n) is 5.86. The molecule has 0 spiro atoms. The third-order valence-electron chi connectivity index (χ3n) is 4.27. The Balaban J connectivity index is 1.90. The predicted octanol–water partition coefficient (Wildman–Crippen LogP) is 1.60. The third kappa shape index (κ3) is 3.82. The zero-order valence-electron chi connectivity index (χ0n) is 14.2. The molecule has 1 saturated heterocycles. The number of hydrogen-bond donors (Lipinski definition) is 1. The maximum Gasteiger partial charge on any atom is 0.338 e. The molecule has 0 radical (unpaired) electrons. The molecule has 0 bridgehead atoms. The standard InChI is InChI=1S/C17H16FIN2O6/c1-25-17(9-19)12(26-15(23)10-5-3-2-4-6-10)7-13(27-17)21-8-11(18)14(22)20-16(21)24/h2-6,8,12-13H,7,9H2,1H3,(H,20,22,24). The number of rotatable bonds is 5. The monoisotopic (exact) mass is 490 g/mol. The van der Waals surface area contributed by atoms with Crippen LogP contribution in [0, 0.1) is 5.82 Å². The zero-order chi connectivity index (χ0) is 19.6. The van der Waals surface area contributed by atoms with Crippen molar-refractivity contribution in [3.05, 3.63) is 68.7 Å². The summed E-state index contributed by atoms with van der Waals surface area (Å²) in [5, 5.41) is 0. The van der Waals surface area contributed by atoms with Crippen LogP contribution in [0.1, 0.15) is 23.0 Å². The second-order valence-corrected chi connectivity index (χ2v) is 6.62. The van der Waals surface area contributed by atoms with Crippen LogP contribution < -0.4 is 11.2 Å². The van der Waals surface area contributed by atoms with E-state index in [4.69, 9.17) is 14.2 Å². The highest BCUT2D eigenvalue weighted by molar-refractivity contribution is 14.1. The van der Waals surface area contributed by atoms with E-state index in [1.807, 2.05) is 27.6 Å². The molecule has 3 rings (SSSR count). The van der Waals surface area contributed by atoms with Gasteiger partial charge in [0, 0.05) is 13.5 Å². The quantitative estimate of drug-likeness (QED) is 0.389. The fourth-order valence-electron chi connectivity index (χ4n) is 2.82. The van der Waals surface area contributed by atoms with E-state index in [2.05, 4.69) is 0 Å². The number of alkyl halides is 1. The van der Waals surface area contributed by atoms with E-state index in [0.29, 0.717) is 5.56 Å². The summed E-state index contributed by atoms with van der Waals surface area (Å²) in [7, 11) is 1.39. The van der Waals surface area contributed by atoms with Gasteiger partial charge in [-0.15, -0.1) is 0 Å². The fraction of sp³-hybridized carbons (Fsp3) is 0.353. The number of aromatic amines is 1. The van der Waals surface area contributed by atoms with Gasteiger partial charge in [-0.3, -0.25) is 14.3 Å². The molecular formula is C17H16FIN2O6. The molecule has 144 valence electrons. The van der Waals surface area contributed by atoms with Gasteiger partial charge in [0.25, 0.3) is 5.56 Å². The molecule has 1 aliphatic heterocycles. The van der Waals surface area contributed by atoms with Crippen LogP contribution in [0.4, 0.5) is 4.39 Å². The molecule has 10 heteroatoms. The Morgan fingerprint density at radius 1 is 1.41 bits per heavy atom. The highest BCUT2D eigenvalue weighted by Crippen LogP contribution is 2.40. The minimum atomic E-state index is -1.32. The van der Waals surface area contributed by atoms with Crippen LogP contribution in [0.5, 0.6) is 0 Å². The van der Waals surface area contributed by atoms with Crippen molar-refractivity contribution in [2.24, 2.45) is 0 Å². The van der Waals surface area contributed by atoms with Crippen molar-refractivity contribution in [1.82, 2.24) is 9.55 Å². The minimum absolute atomic E-state index is 0.0425. The number of ether oxygens (including phenoxy) is 3. The van der Waals surface area contributed by atoms with Crippen LogP contribution in [0.25, 0.3) is 0 Å². The van der Waals surface area contributed by atoms with Gasteiger partial charge in [-0.1, -0.05) is 40.8 Å². The molecule has 27 heavy (non-hydrogen) atoms. The van der Waals surface area contributed by atoms with E-state index in [-0.39, 0.29) is 10.8 Å². The topological polar surface area (TPSA) is 99.6 Å². The van der Waals surface area contributed by atoms with Crippen LogP contribution in [0.15, 0.2) is 46.1 Å². The molecule has 1 aromatic carbocycles. The molecule has 1 N–H and O–H groups in total. The molecule has 8 nitrogen and oxygen atoms in total. The van der Waals surface area contributed by atoms with Crippen molar-refractivity contribution < 1.29 is 23.4 Å². The maximum atomic E-state index is 13.6. The Bertz CT molecular complexity index is 940. The van der Waals surface area contributed by atoms with E-state index >= 15 is 0 Å². The molecule has 1 aromatic heterocycles. The number of halogens is 2. The Morgan fingerprint density at radius 3 is 2.74 bits per heavy atom. The first kappa shape index (κ1) is 19.7. The molecule has 2 heterocycles. The lowest BCUT2D eigenvalue weighted by atomic mass is 10.1. The van der Waals surface area contributed by atoms with Crippen molar-refractivity contribution >= 4 is 28.6 Å². The number of hydrogen-bond acceptors (Lipinski definition) is 6. The van der Waals surface area contributed by atoms with Crippen molar-refractivity contribution in [3.63, 3.8) is 0 Å². The van der Waals surface area contributed by atoms with Gasteiger partial charge in [-0.2, -0.15) is 4.39 Å². The van der Waals surface area contributed by atoms with Crippen molar-refractivity contribution in [2.75, 3.05) is 11.5 Å². The highest BCUT2D eigenvalue weighted by Gasteiger charge is 2.52. The van der Waals surface area contributed by atoms with E-state index in [9.17, 15) is 18.8 Å². The number of benzene rings is 1. The van der Waals surface area contributed by atoms with Gasteiger partial charge in [0.15, 0.2) is 6.10 Å². The molecule has 2 aromatic rings. The first-order valence-corrected chi connectivity index (χ1v) is 9.48. The van der Waals surface area contributed by atoms with Crippen LogP contribution in [-0.2, 0) is 14.2 Å². The summed E-state index contributed by atoms with van der Waals surface area (Å²) >= 11 is 2.01. The SMILES string of the molecule is COC1(CI)OC(n2cc(F)c(=O)[nH]c2=O)CC1OC(=O)c1ccccc1. The molecule has 3 atom stereocenters. The summed E-state index contributed by atoms with van der Waals surface area (Å²) in [4.78, 5) is 37.6. The number of aromatic nitrogens is 2. The summed E-state index contributed by atoms with van der Waals surface area (Å²) in [6, 6.07) is 8.39. The van der Waals surface area contributed by atoms with Crippen molar-refractivity contribution in [2.45, 2.75) is 24.5 Å². The normalized spacial score (nSPS) is 24.7. The summed E-state index contributed by atoms with van der Waals surface area (Å²) in [6.07, 6.45) is -1.02. The number of nitrogens with one attached hydrogen (secondary N) is 1. The average Bonchev–Trinajstić information content (AvgIpc) is 3.04. The highest BCUT2D eigenvalue weighted by atomic mass is 127. The van der Waals surface area contributed by atoms with Crippen LogP contribution in [0.2, 0.25) is 0 Å². The smallest absolute Gasteiger partial charge is 0.338 e. The fourth-order valence-corrected chi connectivity index (χ4v) is 3.81. The molecule has 3 unspecified atom stereocenters. The summed E-state index contributed by atoms with van der Waals surface area (Å²) in [5.41, 5.74) is -1.60. The Hall–Kier alpha value is -2.05. The molecular weight excluding hydrogens is 474 g/mol. The first-order valence-electron chi connectivity index (χ1n) is 7.96. The molecule has 0 saturated carbocycles. The van der Waals surface area contributed by atoms with Gasteiger partial charge < -0.3 is 14.2 Å². The summed E-state index contributed by atoms with van der Waals surface area (Å²) < 4.78 is 31.7. The van der Waals surface area contributed by atoms with Crippen molar-refractivity contribution in [3.8, 4) is 0 Å². The van der Waals surface area contributed by atoms with Gasteiger partial charge in [0.05, 0.1) is 16.2 Å². The number of nitrogens with zero attached hydrogens (tertiary/aromatic N) is 1. The minimum Gasteiger partial charge on any atom is -0.453 e. The summed E-state index contributed by atoms with van der Waals surface area (Å²) in [5.74, 6) is -3.02. The lowest BCUT2D eigenvalue weighted by Crippen LogP contribution is -2.45. The number of carbonyl (C=O) groups excluding carboxylic acids is 1. The molecule has 1 fully saturated rings. The number of H-pyrrole nitrogens is 1. The summed E-state index contributed by atoms with van der Waals surface area (Å²) in [6.45, 7) is 0. The lowest BCUT2D eigenvalue weighted by molar-refractivity contribution is -0.237. The Morgan fingerprint density at radius 2 is 2.11 bits per heavy atom. The number of carbonyl (C=O) groups is 1. The van der Waals surface area contributed by atoms with Crippen LogP contribution in [0.3, 0.4) is 0 Å². The molecule has 0 amide bonds. The predicted molar refractivity (Wildman–Crippen MR) is 100 cm³/mol. The molecule has 1 aliphatic rings. The second kappa shape index (κ2) is 7.90. The Kier molecular flexibility index (Phi) is 5.77. The number of methoxy groups -OCH3 is 1. The van der Waals surface area contributed by atoms with Crippen LogP contribution in [-0.4, -0.2) is 38.9 Å². The number of esters is 1. The average molecular weight is 490 g/mol. The molecule has 0 aliphatic carbocycles. The largest absolute Gasteiger partial charge is 0.453 e. The van der Waals surface area contributed by atoms with E-state index in [1.54, 1.807) is 30.3 Å². The van der Waals surface area contributed by atoms with Crippen LogP contribution >= 0.6 is 22.6 Å². The van der Waals surface area contributed by atoms with Gasteiger partial charge in [-0.25, -0.2) is 9.59 Å².